The summed E-state index contributed by atoms with van der Waals surface area (Å²) in [5, 5.41) is 12.8. The number of nitrogen functional groups attached to an aromatic ring is 1. The predicted octanol–water partition coefficient (Wildman–Crippen LogP) is 5.85. The van der Waals surface area contributed by atoms with E-state index in [0.717, 1.165) is 57.8 Å². The van der Waals surface area contributed by atoms with Gasteiger partial charge in [-0.25, -0.2) is 4.39 Å². The molecule has 1 aliphatic rings. The number of ether oxygens (including phenoxy) is 1. The molecular formula is C30H36FN3O3. The number of aryl methyl sites for hydroxylation is 1. The van der Waals surface area contributed by atoms with Gasteiger partial charge in [0.1, 0.15) is 17.7 Å². The molecule has 0 fully saturated rings. The molecule has 0 radical (unpaired) electrons. The van der Waals surface area contributed by atoms with Crippen LogP contribution in [-0.4, -0.2) is 35.7 Å². The molecule has 0 aliphatic carbocycles. The van der Waals surface area contributed by atoms with Crippen LogP contribution >= 0.6 is 0 Å². The van der Waals surface area contributed by atoms with Crippen LogP contribution in [0, 0.1) is 19.7 Å². The molecule has 4 N–H and O–H groups in total. The van der Waals surface area contributed by atoms with Gasteiger partial charge in [0.05, 0.1) is 17.8 Å². The van der Waals surface area contributed by atoms with Crippen molar-refractivity contribution >= 4 is 17.3 Å². The Labute approximate surface area is 218 Å². The quantitative estimate of drug-likeness (QED) is 0.333. The molecule has 4 rings (SSSR count). The van der Waals surface area contributed by atoms with Gasteiger partial charge in [-0.1, -0.05) is 31.2 Å². The molecular weight excluding hydrogens is 469 g/mol. The number of aliphatic carboxylic acids is 1. The largest absolute Gasteiger partial charge is 0.489 e. The summed E-state index contributed by atoms with van der Waals surface area (Å²) in [5.41, 5.74) is 13.6. The highest BCUT2D eigenvalue weighted by Gasteiger charge is 2.25. The van der Waals surface area contributed by atoms with E-state index in [4.69, 9.17) is 10.5 Å². The average molecular weight is 506 g/mol. The zero-order valence-electron chi connectivity index (χ0n) is 22.0. The summed E-state index contributed by atoms with van der Waals surface area (Å²) in [6.07, 6.45) is 0.811. The molecule has 2 atom stereocenters. The number of carboxylic acids is 1. The third kappa shape index (κ3) is 5.88. The van der Waals surface area contributed by atoms with E-state index in [9.17, 15) is 14.3 Å². The number of nitrogens with two attached hydrogens (primary N) is 1. The van der Waals surface area contributed by atoms with Gasteiger partial charge in [0.15, 0.2) is 0 Å². The standard InChI is InChI=1S/C30H36FN3O3/c1-5-24-17-34(16-22-13-23(31)8-11-28(22)37-24)15-21-12-20(7-6-18(21)2)26(14-29(35)36)25-9-10-27(33-4)30(32)19(25)3/h6-13,24,26,33H,5,14-17,32H2,1-4H3,(H,35,36). The van der Waals surface area contributed by atoms with Crippen molar-refractivity contribution in [1.82, 2.24) is 4.90 Å². The number of benzene rings is 3. The van der Waals surface area contributed by atoms with Crippen molar-refractivity contribution in [2.24, 2.45) is 0 Å². The number of hydrogen-bond donors (Lipinski definition) is 3. The monoisotopic (exact) mass is 505 g/mol. The van der Waals surface area contributed by atoms with E-state index in [1.165, 1.54) is 6.07 Å². The minimum absolute atomic E-state index is 0.00581. The van der Waals surface area contributed by atoms with Crippen molar-refractivity contribution in [3.05, 3.63) is 87.7 Å². The highest BCUT2D eigenvalue weighted by atomic mass is 19.1. The molecule has 6 nitrogen and oxygen atoms in total. The number of rotatable bonds is 8. The smallest absolute Gasteiger partial charge is 0.304 e. The first kappa shape index (κ1) is 26.5. The van der Waals surface area contributed by atoms with Crippen LogP contribution in [-0.2, 0) is 17.9 Å². The third-order valence-electron chi connectivity index (χ3n) is 7.38. The molecule has 0 amide bonds. The lowest BCUT2D eigenvalue weighted by Gasteiger charge is -2.26. The maximum atomic E-state index is 14.0. The number of halogens is 1. The van der Waals surface area contributed by atoms with Crippen LogP contribution in [0.25, 0.3) is 0 Å². The van der Waals surface area contributed by atoms with Gasteiger partial charge < -0.3 is 20.9 Å². The van der Waals surface area contributed by atoms with Crippen molar-refractivity contribution in [3.8, 4) is 5.75 Å². The molecule has 0 aromatic heterocycles. The number of fused-ring (bicyclic) bond motifs is 1. The van der Waals surface area contributed by atoms with E-state index in [1.807, 2.05) is 32.2 Å². The van der Waals surface area contributed by atoms with Crippen LogP contribution < -0.4 is 15.8 Å². The summed E-state index contributed by atoms with van der Waals surface area (Å²) in [7, 11) is 1.82. The SMILES string of the molecule is CCC1CN(Cc2cc(C(CC(=O)O)c3ccc(NC)c(N)c3C)ccc2C)Cc2cc(F)ccc2O1. The fourth-order valence-corrected chi connectivity index (χ4v) is 5.17. The van der Waals surface area contributed by atoms with Crippen LogP contribution in [0.5, 0.6) is 5.75 Å². The zero-order chi connectivity index (χ0) is 26.7. The average Bonchev–Trinajstić information content (AvgIpc) is 3.04. The molecule has 1 heterocycles. The number of carbonyl (C=O) groups is 1. The van der Waals surface area contributed by atoms with Crippen molar-refractivity contribution in [2.75, 3.05) is 24.6 Å². The van der Waals surface area contributed by atoms with Crippen LogP contribution in [0.1, 0.15) is 59.1 Å². The molecule has 196 valence electrons. The predicted molar refractivity (Wildman–Crippen MR) is 146 cm³/mol. The Morgan fingerprint density at radius 2 is 2.00 bits per heavy atom. The van der Waals surface area contributed by atoms with Gasteiger partial charge >= 0.3 is 5.97 Å². The maximum Gasteiger partial charge on any atom is 0.304 e. The van der Waals surface area contributed by atoms with Gasteiger partial charge in [0, 0.05) is 38.2 Å². The normalized spacial score (nSPS) is 16.4. The molecule has 3 aromatic rings. The summed E-state index contributed by atoms with van der Waals surface area (Å²) in [4.78, 5) is 14.2. The molecule has 0 saturated carbocycles. The lowest BCUT2D eigenvalue weighted by Crippen LogP contribution is -2.32. The first-order chi connectivity index (χ1) is 17.7. The Hall–Kier alpha value is -3.58. The lowest BCUT2D eigenvalue weighted by molar-refractivity contribution is -0.137. The third-order valence-corrected chi connectivity index (χ3v) is 7.38. The second kappa shape index (κ2) is 11.2. The summed E-state index contributed by atoms with van der Waals surface area (Å²) in [5.74, 6) is -0.737. The number of anilines is 2. The summed E-state index contributed by atoms with van der Waals surface area (Å²) in [6, 6.07) is 14.8. The fraction of sp³-hybridized carbons (Fsp3) is 0.367. The fourth-order valence-electron chi connectivity index (χ4n) is 5.17. The van der Waals surface area contributed by atoms with Gasteiger partial charge in [-0.2, -0.15) is 0 Å². The second-order valence-corrected chi connectivity index (χ2v) is 9.90. The molecule has 37 heavy (non-hydrogen) atoms. The number of nitrogens with zero attached hydrogens (tertiary/aromatic N) is 1. The Balaban J connectivity index is 1.69. The summed E-state index contributed by atoms with van der Waals surface area (Å²) >= 11 is 0. The minimum atomic E-state index is -0.864. The molecule has 0 saturated heterocycles. The topological polar surface area (TPSA) is 87.8 Å². The maximum absolute atomic E-state index is 14.0. The van der Waals surface area contributed by atoms with E-state index in [-0.39, 0.29) is 24.3 Å². The number of hydrogen-bond acceptors (Lipinski definition) is 5. The molecule has 1 aliphatic heterocycles. The van der Waals surface area contributed by atoms with E-state index in [1.54, 1.807) is 12.1 Å². The minimum Gasteiger partial charge on any atom is -0.489 e. The van der Waals surface area contributed by atoms with E-state index >= 15 is 0 Å². The number of nitrogens with one attached hydrogen (secondary N) is 1. The van der Waals surface area contributed by atoms with Gasteiger partial charge in [0.2, 0.25) is 0 Å². The second-order valence-electron chi connectivity index (χ2n) is 9.90. The summed E-state index contributed by atoms with van der Waals surface area (Å²) < 4.78 is 20.2. The Bertz CT molecular complexity index is 1290. The molecule has 0 bridgehead atoms. The summed E-state index contributed by atoms with van der Waals surface area (Å²) in [6.45, 7) is 8.04. The molecule has 3 aromatic carbocycles. The van der Waals surface area contributed by atoms with Gasteiger partial charge in [-0.05, 0) is 72.4 Å². The zero-order valence-corrected chi connectivity index (χ0v) is 22.0. The molecule has 7 heteroatoms. The number of carboxylic acid groups (broad SMARTS) is 1. The van der Waals surface area contributed by atoms with Crippen LogP contribution in [0.2, 0.25) is 0 Å². The Morgan fingerprint density at radius 1 is 1.22 bits per heavy atom. The van der Waals surface area contributed by atoms with Crippen molar-refractivity contribution in [3.63, 3.8) is 0 Å². The Morgan fingerprint density at radius 3 is 2.70 bits per heavy atom. The van der Waals surface area contributed by atoms with Crippen molar-refractivity contribution in [1.29, 1.82) is 0 Å². The lowest BCUT2D eigenvalue weighted by atomic mass is 9.84. The van der Waals surface area contributed by atoms with Crippen molar-refractivity contribution in [2.45, 2.75) is 58.7 Å². The van der Waals surface area contributed by atoms with Crippen molar-refractivity contribution < 1.29 is 19.0 Å². The van der Waals surface area contributed by atoms with E-state index in [0.29, 0.717) is 18.8 Å². The van der Waals surface area contributed by atoms with E-state index in [2.05, 4.69) is 36.2 Å². The van der Waals surface area contributed by atoms with Gasteiger partial charge in [-0.15, -0.1) is 0 Å². The molecule has 0 spiro atoms. The highest BCUT2D eigenvalue weighted by molar-refractivity contribution is 5.74. The van der Waals surface area contributed by atoms with Crippen LogP contribution in [0.15, 0.2) is 48.5 Å². The van der Waals surface area contributed by atoms with Crippen LogP contribution in [0.4, 0.5) is 15.8 Å². The van der Waals surface area contributed by atoms with Gasteiger partial charge in [-0.3, -0.25) is 9.69 Å². The molecule has 2 unspecified atom stereocenters. The first-order valence-corrected chi connectivity index (χ1v) is 12.8. The van der Waals surface area contributed by atoms with Gasteiger partial charge in [0.25, 0.3) is 0 Å². The first-order valence-electron chi connectivity index (χ1n) is 12.8. The van der Waals surface area contributed by atoms with Crippen LogP contribution in [0.3, 0.4) is 0 Å². The van der Waals surface area contributed by atoms with E-state index < -0.39 is 5.97 Å². The highest BCUT2D eigenvalue weighted by Crippen LogP contribution is 2.36. The Kier molecular flexibility index (Phi) is 8.03.